The van der Waals surface area contributed by atoms with Gasteiger partial charge in [-0.2, -0.15) is 0 Å². The number of hydrogen-bond donors (Lipinski definition) is 0. The number of hydrogen-bond acceptors (Lipinski definition) is 1. The van der Waals surface area contributed by atoms with Gasteiger partial charge in [-0.25, -0.2) is 4.98 Å². The van der Waals surface area contributed by atoms with Gasteiger partial charge in [0.1, 0.15) is 5.82 Å². The molecule has 0 unspecified atom stereocenters. The first-order valence-electron chi connectivity index (χ1n) is 12.7. The van der Waals surface area contributed by atoms with Gasteiger partial charge in [0.05, 0.1) is 5.69 Å². The van der Waals surface area contributed by atoms with E-state index in [1.807, 2.05) is 6.20 Å². The quantitative estimate of drug-likeness (QED) is 0.262. The van der Waals surface area contributed by atoms with Crippen LogP contribution in [0.1, 0.15) is 64.2 Å². The topological polar surface area (TPSA) is 17.8 Å². The van der Waals surface area contributed by atoms with Crippen LogP contribution in [0, 0.1) is 11.8 Å². The van der Waals surface area contributed by atoms with Crippen LogP contribution in [-0.2, 0) is 12.8 Å². The van der Waals surface area contributed by atoms with Gasteiger partial charge in [-0.05, 0) is 70.5 Å². The molecule has 0 aliphatic carbocycles. The Morgan fingerprint density at radius 1 is 0.676 bits per heavy atom. The standard InChI is InChI=1S/C32H38N2/c1-22(2)18-29-20-28(26-14-12-25(13-15-26)24(5)6)21-30(19-23(3)4)31(29)34-17-16-33-32(34)27-10-8-7-9-11-27/h7-17,20-24H,18-19H2,1-6H3. The molecule has 0 radical (unpaired) electrons. The van der Waals surface area contributed by atoms with Crippen molar-refractivity contribution in [2.24, 2.45) is 11.8 Å². The molecule has 4 rings (SSSR count). The molecule has 4 aromatic rings. The van der Waals surface area contributed by atoms with Gasteiger partial charge in [-0.15, -0.1) is 0 Å². The Morgan fingerprint density at radius 2 is 1.26 bits per heavy atom. The van der Waals surface area contributed by atoms with Crippen LogP contribution in [0.2, 0.25) is 0 Å². The second kappa shape index (κ2) is 10.4. The molecule has 0 fully saturated rings. The van der Waals surface area contributed by atoms with Crippen LogP contribution in [-0.4, -0.2) is 9.55 Å². The SMILES string of the molecule is CC(C)Cc1cc(-c2ccc(C(C)C)cc2)cc(CC(C)C)c1-n1ccnc1-c1ccccc1. The summed E-state index contributed by atoms with van der Waals surface area (Å²) < 4.78 is 2.32. The lowest BCUT2D eigenvalue weighted by Crippen LogP contribution is -2.10. The van der Waals surface area contributed by atoms with E-state index < -0.39 is 0 Å². The molecule has 2 nitrogen and oxygen atoms in total. The summed E-state index contributed by atoms with van der Waals surface area (Å²) in [5.41, 5.74) is 9.23. The van der Waals surface area contributed by atoms with Crippen LogP contribution >= 0.6 is 0 Å². The lowest BCUT2D eigenvalue weighted by Gasteiger charge is -2.22. The van der Waals surface area contributed by atoms with Crippen molar-refractivity contribution in [2.45, 2.75) is 60.3 Å². The highest BCUT2D eigenvalue weighted by atomic mass is 15.1. The summed E-state index contributed by atoms with van der Waals surface area (Å²) in [5, 5.41) is 0. The monoisotopic (exact) mass is 450 g/mol. The Labute approximate surface area is 205 Å². The van der Waals surface area contributed by atoms with Gasteiger partial charge in [0.2, 0.25) is 0 Å². The molecule has 0 N–H and O–H groups in total. The van der Waals surface area contributed by atoms with Crippen molar-refractivity contribution in [3.8, 4) is 28.2 Å². The zero-order valence-electron chi connectivity index (χ0n) is 21.5. The predicted octanol–water partition coefficient (Wildman–Crippen LogP) is 8.73. The fourth-order valence-electron chi connectivity index (χ4n) is 4.77. The zero-order chi connectivity index (χ0) is 24.2. The Morgan fingerprint density at radius 3 is 1.79 bits per heavy atom. The third-order valence-electron chi connectivity index (χ3n) is 6.35. The summed E-state index contributed by atoms with van der Waals surface area (Å²) in [6.45, 7) is 13.7. The van der Waals surface area contributed by atoms with Crippen LogP contribution < -0.4 is 0 Å². The third kappa shape index (κ3) is 5.33. The molecule has 2 heteroatoms. The van der Waals surface area contributed by atoms with Crippen molar-refractivity contribution in [1.82, 2.24) is 9.55 Å². The molecule has 1 heterocycles. The van der Waals surface area contributed by atoms with Crippen LogP contribution in [0.3, 0.4) is 0 Å². The lowest BCUT2D eigenvalue weighted by atomic mass is 9.89. The van der Waals surface area contributed by atoms with Crippen molar-refractivity contribution in [3.05, 3.63) is 95.8 Å². The van der Waals surface area contributed by atoms with E-state index in [0.717, 1.165) is 24.2 Å². The van der Waals surface area contributed by atoms with E-state index in [9.17, 15) is 0 Å². The van der Waals surface area contributed by atoms with Gasteiger partial charge in [0.25, 0.3) is 0 Å². The van der Waals surface area contributed by atoms with E-state index in [2.05, 4.69) is 119 Å². The fraction of sp³-hybridized carbons (Fsp3) is 0.344. The molecular formula is C32H38N2. The molecule has 0 aliphatic rings. The maximum Gasteiger partial charge on any atom is 0.144 e. The molecule has 3 aromatic carbocycles. The lowest BCUT2D eigenvalue weighted by molar-refractivity contribution is 0.631. The second-order valence-corrected chi connectivity index (χ2v) is 10.6. The fourth-order valence-corrected chi connectivity index (χ4v) is 4.77. The Kier molecular flexibility index (Phi) is 7.36. The van der Waals surface area contributed by atoms with Crippen molar-refractivity contribution in [1.29, 1.82) is 0 Å². The molecule has 0 saturated heterocycles. The number of benzene rings is 3. The minimum atomic E-state index is 0.544. The summed E-state index contributed by atoms with van der Waals surface area (Å²) in [6.07, 6.45) is 6.12. The highest BCUT2D eigenvalue weighted by molar-refractivity contribution is 5.71. The third-order valence-corrected chi connectivity index (χ3v) is 6.35. The predicted molar refractivity (Wildman–Crippen MR) is 146 cm³/mol. The van der Waals surface area contributed by atoms with Gasteiger partial charge in [-0.1, -0.05) is 96.1 Å². The highest BCUT2D eigenvalue weighted by Crippen LogP contribution is 2.34. The number of imidazole rings is 1. The Balaban J connectivity index is 1.92. The summed E-state index contributed by atoms with van der Waals surface area (Å²) in [7, 11) is 0. The number of nitrogens with zero attached hydrogens (tertiary/aromatic N) is 2. The molecule has 0 atom stereocenters. The van der Waals surface area contributed by atoms with Crippen LogP contribution in [0.15, 0.2) is 79.1 Å². The summed E-state index contributed by atoms with van der Waals surface area (Å²) in [6, 6.07) is 24.5. The minimum Gasteiger partial charge on any atom is -0.299 e. The molecule has 0 aliphatic heterocycles. The van der Waals surface area contributed by atoms with Crippen LogP contribution in [0.5, 0.6) is 0 Å². The molecule has 1 aromatic heterocycles. The maximum absolute atomic E-state index is 4.77. The average molecular weight is 451 g/mol. The molecule has 34 heavy (non-hydrogen) atoms. The van der Waals surface area contributed by atoms with E-state index in [0.29, 0.717) is 17.8 Å². The van der Waals surface area contributed by atoms with Gasteiger partial charge < -0.3 is 0 Å². The normalized spacial score (nSPS) is 11.7. The van der Waals surface area contributed by atoms with Gasteiger partial charge >= 0.3 is 0 Å². The van der Waals surface area contributed by atoms with Crippen LogP contribution in [0.4, 0.5) is 0 Å². The van der Waals surface area contributed by atoms with E-state index in [-0.39, 0.29) is 0 Å². The van der Waals surface area contributed by atoms with Crippen molar-refractivity contribution in [2.75, 3.05) is 0 Å². The zero-order valence-corrected chi connectivity index (χ0v) is 21.5. The minimum absolute atomic E-state index is 0.544. The smallest absolute Gasteiger partial charge is 0.144 e. The Hall–Kier alpha value is -3.13. The number of rotatable bonds is 8. The van der Waals surface area contributed by atoms with Gasteiger partial charge in [-0.3, -0.25) is 4.57 Å². The molecule has 0 saturated carbocycles. The van der Waals surface area contributed by atoms with Crippen molar-refractivity contribution >= 4 is 0 Å². The first-order chi connectivity index (χ1) is 16.3. The first-order valence-corrected chi connectivity index (χ1v) is 12.7. The van der Waals surface area contributed by atoms with Crippen molar-refractivity contribution < 1.29 is 0 Å². The molecule has 0 bridgehead atoms. The van der Waals surface area contributed by atoms with Crippen molar-refractivity contribution in [3.63, 3.8) is 0 Å². The number of aromatic nitrogens is 2. The molecule has 0 spiro atoms. The van der Waals surface area contributed by atoms with E-state index in [1.54, 1.807) is 0 Å². The molecule has 176 valence electrons. The highest BCUT2D eigenvalue weighted by Gasteiger charge is 2.19. The molecule has 0 amide bonds. The second-order valence-electron chi connectivity index (χ2n) is 10.6. The average Bonchev–Trinajstić information content (AvgIpc) is 3.28. The van der Waals surface area contributed by atoms with Gasteiger partial charge in [0.15, 0.2) is 0 Å². The summed E-state index contributed by atoms with van der Waals surface area (Å²) in [5.74, 6) is 2.67. The van der Waals surface area contributed by atoms with E-state index in [4.69, 9.17) is 4.98 Å². The summed E-state index contributed by atoms with van der Waals surface area (Å²) >= 11 is 0. The maximum atomic E-state index is 4.77. The van der Waals surface area contributed by atoms with Crippen LogP contribution in [0.25, 0.3) is 28.2 Å². The molecular weight excluding hydrogens is 412 g/mol. The van der Waals surface area contributed by atoms with E-state index >= 15 is 0 Å². The largest absolute Gasteiger partial charge is 0.299 e. The first kappa shape index (κ1) is 24.0. The van der Waals surface area contributed by atoms with Gasteiger partial charge in [0, 0.05) is 18.0 Å². The Bertz CT molecular complexity index is 1180. The summed E-state index contributed by atoms with van der Waals surface area (Å²) in [4.78, 5) is 4.77. The van der Waals surface area contributed by atoms with E-state index in [1.165, 1.54) is 33.5 Å².